The molecule has 8 heteroatoms. The van der Waals surface area contributed by atoms with E-state index >= 15 is 0 Å². The molecule has 0 aromatic heterocycles. The summed E-state index contributed by atoms with van der Waals surface area (Å²) >= 11 is 0. The van der Waals surface area contributed by atoms with Crippen LogP contribution < -0.4 is 9.47 Å². The van der Waals surface area contributed by atoms with E-state index in [2.05, 4.69) is 0 Å². The smallest absolute Gasteiger partial charge is 0.335 e. The average Bonchev–Trinajstić information content (AvgIpc) is 2.92. The second-order valence-corrected chi connectivity index (χ2v) is 6.27. The largest absolute Gasteiger partial charge is 0.496 e. The molecule has 3 atom stereocenters. The van der Waals surface area contributed by atoms with Crippen LogP contribution in [0.25, 0.3) is 0 Å². The van der Waals surface area contributed by atoms with E-state index in [-0.39, 0.29) is 5.92 Å². The number of carboxylic acid groups (broad SMARTS) is 1. The Hall–Kier alpha value is -2.22. The summed E-state index contributed by atoms with van der Waals surface area (Å²) in [5, 5.41) is 9.55. The number of carbonyl (C=O) groups excluding carboxylic acids is 1. The summed E-state index contributed by atoms with van der Waals surface area (Å²) < 4.78 is 16.5. The highest BCUT2D eigenvalue weighted by Gasteiger charge is 2.49. The highest BCUT2D eigenvalue weighted by Crippen LogP contribution is 2.44. The van der Waals surface area contributed by atoms with Crippen molar-refractivity contribution >= 4 is 19.6 Å². The number of benzene rings is 1. The third-order valence-corrected chi connectivity index (χ3v) is 4.16. The Balaban J connectivity index is 2.57. The van der Waals surface area contributed by atoms with Gasteiger partial charge in [0.2, 0.25) is 7.85 Å². The molecular weight excluding hydrogens is 325 g/mol. The van der Waals surface area contributed by atoms with E-state index in [4.69, 9.17) is 22.1 Å². The quantitative estimate of drug-likeness (QED) is 0.794. The number of ether oxygens (including phenoxy) is 3. The van der Waals surface area contributed by atoms with Crippen LogP contribution in [0.1, 0.15) is 32.1 Å². The fourth-order valence-corrected chi connectivity index (χ4v) is 3.17. The number of nitrogens with zero attached hydrogens (tertiary/aromatic N) is 1. The third kappa shape index (κ3) is 3.73. The Morgan fingerprint density at radius 3 is 2.24 bits per heavy atom. The molecule has 134 valence electrons. The van der Waals surface area contributed by atoms with Crippen LogP contribution in [0.3, 0.4) is 0 Å². The van der Waals surface area contributed by atoms with Crippen LogP contribution in [0, 0.1) is 5.92 Å². The highest BCUT2D eigenvalue weighted by molar-refractivity contribution is 6.57. The Bertz CT molecular complexity index is 628. The first kappa shape index (κ1) is 19.1. The van der Waals surface area contributed by atoms with Crippen LogP contribution in [0.5, 0.6) is 11.5 Å². The molecule has 7 nitrogen and oxygen atoms in total. The Labute approximate surface area is 148 Å². The first-order valence-corrected chi connectivity index (χ1v) is 7.98. The van der Waals surface area contributed by atoms with Crippen molar-refractivity contribution in [1.29, 1.82) is 0 Å². The van der Waals surface area contributed by atoms with Crippen molar-refractivity contribution in [3.8, 4) is 11.5 Å². The van der Waals surface area contributed by atoms with Crippen LogP contribution in [0.15, 0.2) is 18.2 Å². The lowest BCUT2D eigenvalue weighted by Gasteiger charge is -2.30. The van der Waals surface area contributed by atoms with E-state index in [1.165, 1.54) is 19.1 Å². The van der Waals surface area contributed by atoms with Gasteiger partial charge in [-0.15, -0.1) is 0 Å². The maximum absolute atomic E-state index is 12.1. The average molecular weight is 347 g/mol. The topological polar surface area (TPSA) is 85.3 Å². The fraction of sp³-hybridized carbons (Fsp3) is 0.529. The Morgan fingerprint density at radius 2 is 1.84 bits per heavy atom. The van der Waals surface area contributed by atoms with Gasteiger partial charge in [-0.05, 0) is 24.5 Å². The molecule has 1 aliphatic rings. The molecule has 1 amide bonds. The van der Waals surface area contributed by atoms with Gasteiger partial charge in [0.1, 0.15) is 11.5 Å². The van der Waals surface area contributed by atoms with Crippen LogP contribution in [0.4, 0.5) is 4.79 Å². The molecule has 1 fully saturated rings. The summed E-state index contributed by atoms with van der Waals surface area (Å²) in [5.74, 6) is -0.911. The van der Waals surface area contributed by atoms with Crippen molar-refractivity contribution in [2.24, 2.45) is 5.92 Å². The lowest BCUT2D eigenvalue weighted by molar-refractivity contribution is -0.150. The number of amides is 1. The van der Waals surface area contributed by atoms with Gasteiger partial charge in [-0.2, -0.15) is 0 Å². The van der Waals surface area contributed by atoms with Crippen LogP contribution in [-0.4, -0.2) is 56.0 Å². The molecule has 0 bridgehead atoms. The summed E-state index contributed by atoms with van der Waals surface area (Å²) in [7, 11) is 8.52. The van der Waals surface area contributed by atoms with Crippen LogP contribution in [-0.2, 0) is 9.53 Å². The van der Waals surface area contributed by atoms with Gasteiger partial charge in [0, 0.05) is 0 Å². The monoisotopic (exact) mass is 347 g/mol. The molecule has 1 aromatic carbocycles. The number of hydrogen-bond donors (Lipinski definition) is 1. The molecule has 2 rings (SSSR count). The number of aliphatic carboxylic acids is 1. The molecule has 1 unspecified atom stereocenters. The number of rotatable bonds is 6. The minimum Gasteiger partial charge on any atom is -0.496 e. The van der Waals surface area contributed by atoms with E-state index in [1.54, 1.807) is 18.2 Å². The second kappa shape index (κ2) is 7.78. The van der Waals surface area contributed by atoms with Gasteiger partial charge >= 0.3 is 5.97 Å². The van der Waals surface area contributed by atoms with E-state index in [1.807, 2.05) is 13.8 Å². The van der Waals surface area contributed by atoms with E-state index in [0.717, 1.165) is 0 Å². The van der Waals surface area contributed by atoms with Gasteiger partial charge in [0.15, 0.2) is 18.1 Å². The fourth-order valence-electron chi connectivity index (χ4n) is 3.17. The van der Waals surface area contributed by atoms with Crippen LogP contribution in [0.2, 0.25) is 0 Å². The molecule has 1 aliphatic heterocycles. The molecule has 25 heavy (non-hydrogen) atoms. The predicted octanol–water partition coefficient (Wildman–Crippen LogP) is 2.19. The second-order valence-electron chi connectivity index (χ2n) is 6.27. The van der Waals surface area contributed by atoms with E-state index < -0.39 is 30.1 Å². The summed E-state index contributed by atoms with van der Waals surface area (Å²) in [4.78, 5) is 25.1. The van der Waals surface area contributed by atoms with E-state index in [9.17, 15) is 14.7 Å². The summed E-state index contributed by atoms with van der Waals surface area (Å²) in [6, 6.07) is 4.41. The zero-order valence-electron chi connectivity index (χ0n) is 14.8. The summed E-state index contributed by atoms with van der Waals surface area (Å²) in [6.07, 6.45) is -1.75. The molecule has 2 radical (unpaired) electrons. The minimum atomic E-state index is -1.19. The lowest BCUT2D eigenvalue weighted by Crippen LogP contribution is -2.43. The van der Waals surface area contributed by atoms with E-state index in [0.29, 0.717) is 23.5 Å². The third-order valence-electron chi connectivity index (χ3n) is 4.16. The Morgan fingerprint density at radius 1 is 1.28 bits per heavy atom. The van der Waals surface area contributed by atoms with Crippen molar-refractivity contribution in [2.45, 2.75) is 38.6 Å². The van der Waals surface area contributed by atoms with Gasteiger partial charge in [0.25, 0.3) is 0 Å². The molecule has 0 saturated carbocycles. The van der Waals surface area contributed by atoms with Crippen molar-refractivity contribution < 1.29 is 28.9 Å². The Kier molecular flexibility index (Phi) is 5.95. The number of methoxy groups -OCH3 is 2. The molecule has 0 aliphatic carbocycles. The van der Waals surface area contributed by atoms with Crippen molar-refractivity contribution in [3.63, 3.8) is 0 Å². The molecule has 1 aromatic rings. The summed E-state index contributed by atoms with van der Waals surface area (Å²) in [5.41, 5.74) is 0.434. The molecule has 1 heterocycles. The molecule has 1 N–H and O–H groups in total. The minimum absolute atomic E-state index is 0.149. The van der Waals surface area contributed by atoms with Gasteiger partial charge < -0.3 is 24.2 Å². The number of hydrogen-bond acceptors (Lipinski definition) is 5. The highest BCUT2D eigenvalue weighted by atomic mass is 16.6. The molecule has 1 saturated heterocycles. The maximum atomic E-state index is 12.1. The molecule has 0 spiro atoms. The van der Waals surface area contributed by atoms with Crippen LogP contribution >= 0.6 is 0 Å². The van der Waals surface area contributed by atoms with Crippen molar-refractivity contribution in [3.05, 3.63) is 23.8 Å². The maximum Gasteiger partial charge on any atom is 0.335 e. The van der Waals surface area contributed by atoms with Crippen molar-refractivity contribution in [2.75, 3.05) is 14.2 Å². The first-order valence-electron chi connectivity index (χ1n) is 7.98. The standard InChI is InChI=1S/C17H22BNO6/c1-9(2)8-10-14(16(20)21)25-15(19(10)17(18)22)13-11(23-3)6-5-7-12(13)24-4/h5-7,9-10,14-15H,8H2,1-4H3,(H,20,21)/t10-,14+,15?/m0/s1. The normalized spacial score (nSPS) is 22.9. The number of carbonyl (C=O) groups is 2. The zero-order valence-corrected chi connectivity index (χ0v) is 14.8. The first-order chi connectivity index (χ1) is 11.8. The summed E-state index contributed by atoms with van der Waals surface area (Å²) in [6.45, 7) is 3.88. The lowest BCUT2D eigenvalue weighted by atomic mass is 9.95. The van der Waals surface area contributed by atoms with Gasteiger partial charge in [-0.3, -0.25) is 4.79 Å². The van der Waals surface area contributed by atoms with Gasteiger partial charge in [0.05, 0.1) is 25.8 Å². The van der Waals surface area contributed by atoms with Gasteiger partial charge in [-0.1, -0.05) is 19.9 Å². The zero-order chi connectivity index (χ0) is 18.7. The van der Waals surface area contributed by atoms with Gasteiger partial charge in [-0.25, -0.2) is 4.79 Å². The van der Waals surface area contributed by atoms with Crippen molar-refractivity contribution in [1.82, 2.24) is 4.90 Å². The number of carboxylic acids is 1. The molecular formula is C17H22BNO6. The predicted molar refractivity (Wildman–Crippen MR) is 91.0 cm³/mol. The SMILES string of the molecule is [B]C(=O)N1C(c2c(OC)cccc2OC)O[C@@H](C(=O)O)[C@@H]1CC(C)C.